The van der Waals surface area contributed by atoms with Crippen LogP contribution in [0.3, 0.4) is 0 Å². The fourth-order valence-corrected chi connectivity index (χ4v) is 10.9. The molecule has 3 saturated heterocycles. The number of amides is 3. The summed E-state index contributed by atoms with van der Waals surface area (Å²) in [5.74, 6) is 1.46. The molecule has 3 aromatic carbocycles. The highest BCUT2D eigenvalue weighted by Gasteiger charge is 2.39. The molecule has 17 nitrogen and oxygen atoms in total. The van der Waals surface area contributed by atoms with E-state index in [9.17, 15) is 18.9 Å². The number of piperidine rings is 2. The van der Waals surface area contributed by atoms with Gasteiger partial charge in [-0.25, -0.2) is 9.97 Å². The van der Waals surface area contributed by atoms with Crippen LogP contribution in [0.25, 0.3) is 5.69 Å². The van der Waals surface area contributed by atoms with Crippen LogP contribution in [0.4, 0.5) is 28.8 Å². The number of aromatic nitrogens is 4. The second-order valence-electron chi connectivity index (χ2n) is 18.2. The Morgan fingerprint density at radius 2 is 1.69 bits per heavy atom. The van der Waals surface area contributed by atoms with E-state index in [1.807, 2.05) is 54.1 Å². The van der Waals surface area contributed by atoms with Crippen LogP contribution < -0.4 is 35.6 Å². The van der Waals surface area contributed by atoms with Crippen molar-refractivity contribution in [2.75, 3.05) is 88.4 Å². The molecule has 6 heterocycles. The number of nitrogens with zero attached hydrogens (tertiary/aromatic N) is 8. The molecule has 3 N–H and O–H groups in total. The molecule has 352 valence electrons. The molecule has 67 heavy (non-hydrogen) atoms. The number of anilines is 5. The highest BCUT2D eigenvalue weighted by molar-refractivity contribution is 7.70. The number of aryl methyl sites for hydroxylation is 2. The van der Waals surface area contributed by atoms with Crippen molar-refractivity contribution in [3.8, 4) is 17.2 Å². The summed E-state index contributed by atoms with van der Waals surface area (Å²) in [6.45, 7) is 15.2. The molecule has 0 aliphatic carbocycles. The Labute approximate surface area is 391 Å². The summed E-state index contributed by atoms with van der Waals surface area (Å²) >= 11 is 0. The molecule has 0 spiro atoms. The van der Waals surface area contributed by atoms with Crippen molar-refractivity contribution in [2.24, 2.45) is 0 Å². The van der Waals surface area contributed by atoms with E-state index in [4.69, 9.17) is 19.4 Å². The van der Waals surface area contributed by atoms with Crippen LogP contribution in [0.1, 0.15) is 59.8 Å². The number of imide groups is 1. The summed E-state index contributed by atoms with van der Waals surface area (Å²) in [5, 5.41) is 10.0. The second-order valence-corrected chi connectivity index (χ2v) is 21.3. The van der Waals surface area contributed by atoms with Gasteiger partial charge in [0.15, 0.2) is 5.82 Å². The number of piperazine rings is 1. The van der Waals surface area contributed by atoms with Crippen LogP contribution in [-0.4, -0.2) is 137 Å². The lowest BCUT2D eigenvalue weighted by molar-refractivity contribution is -0.136. The number of para-hydroxylation sites is 1. The minimum absolute atomic E-state index is 0.181. The van der Waals surface area contributed by atoms with E-state index in [0.717, 1.165) is 93.0 Å². The van der Waals surface area contributed by atoms with Gasteiger partial charge in [0, 0.05) is 93.6 Å². The molecule has 3 fully saturated rings. The number of nitrogens with one attached hydrogen (secondary N) is 3. The fourth-order valence-electron chi connectivity index (χ4n) is 9.78. The van der Waals surface area contributed by atoms with Crippen LogP contribution in [-0.2, 0) is 27.1 Å². The van der Waals surface area contributed by atoms with Gasteiger partial charge in [-0.15, -0.1) is 0 Å². The first-order valence-corrected chi connectivity index (χ1v) is 25.8. The van der Waals surface area contributed by atoms with E-state index < -0.39 is 19.1 Å². The molecule has 9 rings (SSSR count). The molecule has 1 atom stereocenters. The van der Waals surface area contributed by atoms with Gasteiger partial charge in [0.25, 0.3) is 5.91 Å². The lowest BCUT2D eigenvalue weighted by atomic mass is 9.99. The standard InChI is InChI=1S/C49H60N11O6P/c1-6-33-26-39(53-49-50-28-42(59-29-32(2)51-31-59)46(55-49)52-38-9-7-8-10-44(38)67(4,5)64)43(65-3)27-41(33)58-17-15-35(16-18-58)57-21-19-56(20-22-57)23-24-66-36-11-12-37-34(25-36)30-60(48(37)63)40-13-14-45(61)54-47(40)62/h7-12,25-29,31,35,40H,6,13-24,30H2,1-5H3,(H,54,61,62)(H2,50,52,53,55). The molecular weight excluding hydrogens is 870 g/mol. The average Bonchev–Trinajstić information content (AvgIpc) is 3.90. The number of hydrogen-bond donors (Lipinski definition) is 3. The van der Waals surface area contributed by atoms with Crippen LogP contribution in [0.15, 0.2) is 73.3 Å². The van der Waals surface area contributed by atoms with Crippen LogP contribution >= 0.6 is 7.14 Å². The van der Waals surface area contributed by atoms with E-state index in [2.05, 4.69) is 54.7 Å². The number of methoxy groups -OCH3 is 1. The van der Waals surface area contributed by atoms with Crippen molar-refractivity contribution in [3.63, 3.8) is 0 Å². The maximum atomic E-state index is 13.3. The zero-order chi connectivity index (χ0) is 46.8. The Bertz CT molecular complexity index is 2710. The predicted molar refractivity (Wildman–Crippen MR) is 260 cm³/mol. The first-order valence-electron chi connectivity index (χ1n) is 23.2. The van der Waals surface area contributed by atoms with Gasteiger partial charge >= 0.3 is 0 Å². The Kier molecular flexibility index (Phi) is 13.4. The van der Waals surface area contributed by atoms with Crippen molar-refractivity contribution in [2.45, 2.75) is 64.6 Å². The van der Waals surface area contributed by atoms with Crippen molar-refractivity contribution in [1.82, 2.24) is 39.5 Å². The summed E-state index contributed by atoms with van der Waals surface area (Å²) in [4.78, 5) is 60.4. The Hall–Kier alpha value is -6.29. The quantitative estimate of drug-likeness (QED) is 0.0860. The monoisotopic (exact) mass is 929 g/mol. The number of ether oxygens (including phenoxy) is 2. The Morgan fingerprint density at radius 1 is 0.896 bits per heavy atom. The molecule has 4 aliphatic rings. The summed E-state index contributed by atoms with van der Waals surface area (Å²) < 4.78 is 27.3. The fraction of sp³-hybridized carbons (Fsp3) is 0.429. The van der Waals surface area contributed by atoms with Gasteiger partial charge in [0.1, 0.15) is 37.0 Å². The minimum atomic E-state index is -2.60. The van der Waals surface area contributed by atoms with Gasteiger partial charge in [0.05, 0.1) is 36.7 Å². The molecule has 0 radical (unpaired) electrons. The van der Waals surface area contributed by atoms with E-state index >= 15 is 0 Å². The molecule has 3 amide bonds. The number of carbonyl (C=O) groups is 3. The van der Waals surface area contributed by atoms with Crippen LogP contribution in [0.2, 0.25) is 0 Å². The van der Waals surface area contributed by atoms with Crippen molar-refractivity contribution < 1.29 is 28.4 Å². The van der Waals surface area contributed by atoms with E-state index in [1.165, 1.54) is 11.3 Å². The minimum Gasteiger partial charge on any atom is -0.494 e. The van der Waals surface area contributed by atoms with Gasteiger partial charge in [-0.3, -0.25) is 29.5 Å². The third-order valence-corrected chi connectivity index (χ3v) is 15.0. The maximum Gasteiger partial charge on any atom is 0.255 e. The predicted octanol–water partition coefficient (Wildman–Crippen LogP) is 5.70. The number of hydrogen-bond acceptors (Lipinski definition) is 14. The maximum absolute atomic E-state index is 13.3. The summed E-state index contributed by atoms with van der Waals surface area (Å²) in [5.41, 5.74) is 6.87. The lowest BCUT2D eigenvalue weighted by Crippen LogP contribution is -2.53. The molecule has 0 saturated carbocycles. The molecule has 5 aromatic rings. The van der Waals surface area contributed by atoms with Crippen LogP contribution in [0, 0.1) is 6.92 Å². The van der Waals surface area contributed by atoms with Gasteiger partial charge in [0.2, 0.25) is 17.8 Å². The second kappa shape index (κ2) is 19.5. The first kappa shape index (κ1) is 45.8. The molecule has 4 aliphatic heterocycles. The molecular formula is C49H60N11O6P. The smallest absolute Gasteiger partial charge is 0.255 e. The number of carbonyl (C=O) groups excluding carboxylic acids is 3. The van der Waals surface area contributed by atoms with Gasteiger partial charge in [-0.05, 0) is 93.5 Å². The zero-order valence-electron chi connectivity index (χ0n) is 39.0. The van der Waals surface area contributed by atoms with Gasteiger partial charge in [-0.1, -0.05) is 19.1 Å². The van der Waals surface area contributed by atoms with E-state index in [0.29, 0.717) is 60.1 Å². The largest absolute Gasteiger partial charge is 0.494 e. The third kappa shape index (κ3) is 10.0. The summed E-state index contributed by atoms with van der Waals surface area (Å²) in [6, 6.07) is 17.3. The topological polar surface area (TPSA) is 179 Å². The molecule has 18 heteroatoms. The molecule has 2 aromatic heterocycles. The van der Waals surface area contributed by atoms with E-state index in [-0.39, 0.29) is 18.2 Å². The lowest BCUT2D eigenvalue weighted by Gasteiger charge is -2.43. The highest BCUT2D eigenvalue weighted by Crippen LogP contribution is 2.40. The average molecular weight is 930 g/mol. The third-order valence-electron chi connectivity index (χ3n) is 13.4. The Balaban J connectivity index is 0.785. The SMILES string of the molecule is CCc1cc(Nc2ncc(-n3cnc(C)c3)c(Nc3ccccc3P(C)(C)=O)n2)c(OC)cc1N1CCC(N2CCN(CCOc3ccc4c(c3)CN(C3CCC(=O)NC3=O)C4=O)CC2)CC1. The molecule has 1 unspecified atom stereocenters. The number of imidazole rings is 1. The number of fused-ring (bicyclic) bond motifs is 1. The highest BCUT2D eigenvalue weighted by atomic mass is 31.2. The van der Waals surface area contributed by atoms with Crippen molar-refractivity contribution in [1.29, 1.82) is 0 Å². The number of benzene rings is 3. The van der Waals surface area contributed by atoms with Crippen LogP contribution in [0.5, 0.6) is 11.5 Å². The van der Waals surface area contributed by atoms with Gasteiger partial charge < -0.3 is 39.0 Å². The molecule has 0 bridgehead atoms. The van der Waals surface area contributed by atoms with Crippen molar-refractivity contribution in [3.05, 3.63) is 95.7 Å². The Morgan fingerprint density at radius 3 is 2.40 bits per heavy atom. The van der Waals surface area contributed by atoms with Crippen molar-refractivity contribution >= 4 is 59.0 Å². The normalized spacial score (nSPS) is 18.5. The van der Waals surface area contributed by atoms with E-state index in [1.54, 1.807) is 43.9 Å². The van der Waals surface area contributed by atoms with Gasteiger partial charge in [-0.2, -0.15) is 4.98 Å². The summed E-state index contributed by atoms with van der Waals surface area (Å²) in [7, 11) is -0.913. The zero-order valence-corrected chi connectivity index (χ0v) is 39.9. The first-order chi connectivity index (χ1) is 32.3. The summed E-state index contributed by atoms with van der Waals surface area (Å²) in [6.07, 6.45) is 8.97. The number of rotatable bonds is 15.